The van der Waals surface area contributed by atoms with Gasteiger partial charge in [0.15, 0.2) is 16.3 Å². The van der Waals surface area contributed by atoms with E-state index in [1.165, 1.54) is 30.5 Å². The number of amides is 1. The van der Waals surface area contributed by atoms with Crippen LogP contribution in [0.1, 0.15) is 23.0 Å². The first kappa shape index (κ1) is 20.8. The van der Waals surface area contributed by atoms with E-state index in [-0.39, 0.29) is 21.2 Å². The van der Waals surface area contributed by atoms with E-state index >= 15 is 0 Å². The van der Waals surface area contributed by atoms with Crippen molar-refractivity contribution in [3.05, 3.63) is 81.7 Å². The van der Waals surface area contributed by atoms with Crippen LogP contribution in [0.5, 0.6) is 0 Å². The van der Waals surface area contributed by atoms with Crippen LogP contribution in [0.25, 0.3) is 11.0 Å². The van der Waals surface area contributed by atoms with E-state index < -0.39 is 15.9 Å². The number of sulfonamides is 1. The minimum Gasteiger partial charge on any atom is -0.451 e. The van der Waals surface area contributed by atoms with Gasteiger partial charge in [-0.1, -0.05) is 13.0 Å². The van der Waals surface area contributed by atoms with Gasteiger partial charge in [-0.3, -0.25) is 14.3 Å². The van der Waals surface area contributed by atoms with E-state index in [4.69, 9.17) is 4.42 Å². The molecule has 0 aliphatic heterocycles. The summed E-state index contributed by atoms with van der Waals surface area (Å²) in [4.78, 5) is 28.8. The van der Waals surface area contributed by atoms with Crippen molar-refractivity contribution in [3.8, 4) is 0 Å². The van der Waals surface area contributed by atoms with Crippen LogP contribution in [0.3, 0.4) is 0 Å². The van der Waals surface area contributed by atoms with Gasteiger partial charge in [-0.2, -0.15) is 0 Å². The summed E-state index contributed by atoms with van der Waals surface area (Å²) in [5, 5.41) is 4.93. The molecule has 2 N–H and O–H groups in total. The number of aryl methyl sites for hydroxylation is 1. The Morgan fingerprint density at radius 1 is 1.13 bits per heavy atom. The van der Waals surface area contributed by atoms with Crippen LogP contribution in [-0.2, 0) is 16.4 Å². The summed E-state index contributed by atoms with van der Waals surface area (Å²) in [5.74, 6) is -0.751. The van der Waals surface area contributed by atoms with Crippen molar-refractivity contribution < 1.29 is 17.6 Å². The van der Waals surface area contributed by atoms with Crippen LogP contribution in [-0.4, -0.2) is 19.3 Å². The second-order valence-corrected chi connectivity index (χ2v) is 9.16. The first-order chi connectivity index (χ1) is 14.9. The van der Waals surface area contributed by atoms with Crippen molar-refractivity contribution in [2.75, 3.05) is 10.0 Å². The fourth-order valence-corrected chi connectivity index (χ4v) is 4.68. The summed E-state index contributed by atoms with van der Waals surface area (Å²) in [7, 11) is -3.79. The summed E-state index contributed by atoms with van der Waals surface area (Å²) in [6.07, 6.45) is 2.28. The Morgan fingerprint density at radius 3 is 2.58 bits per heavy atom. The molecule has 31 heavy (non-hydrogen) atoms. The van der Waals surface area contributed by atoms with E-state index in [0.29, 0.717) is 16.7 Å². The maximum absolute atomic E-state index is 12.5. The average molecular weight is 456 g/mol. The molecule has 2 heterocycles. The largest absolute Gasteiger partial charge is 0.451 e. The van der Waals surface area contributed by atoms with Crippen molar-refractivity contribution in [1.82, 2.24) is 4.98 Å². The van der Waals surface area contributed by atoms with Crippen LogP contribution < -0.4 is 15.5 Å². The second kappa shape index (κ2) is 8.32. The quantitative estimate of drug-likeness (QED) is 0.456. The second-order valence-electron chi connectivity index (χ2n) is 6.58. The Hall–Kier alpha value is -3.50. The summed E-state index contributed by atoms with van der Waals surface area (Å²) in [6.45, 7) is 1.98. The number of hydrogen-bond acceptors (Lipinski definition) is 7. The number of fused-ring (bicyclic) bond motifs is 1. The van der Waals surface area contributed by atoms with Gasteiger partial charge in [0.05, 0.1) is 10.3 Å². The number of thiazole rings is 1. The molecule has 0 atom stereocenters. The number of benzene rings is 2. The zero-order valence-electron chi connectivity index (χ0n) is 16.3. The molecule has 1 amide bonds. The number of nitrogens with zero attached hydrogens (tertiary/aromatic N) is 1. The van der Waals surface area contributed by atoms with Crippen LogP contribution in [0.2, 0.25) is 0 Å². The smallest absolute Gasteiger partial charge is 0.291 e. The molecular formula is C21H17N3O5S2. The van der Waals surface area contributed by atoms with Crippen molar-refractivity contribution in [2.24, 2.45) is 0 Å². The van der Waals surface area contributed by atoms with Crippen LogP contribution >= 0.6 is 11.3 Å². The molecular weight excluding hydrogens is 438 g/mol. The summed E-state index contributed by atoms with van der Waals surface area (Å²) in [6, 6.07) is 12.0. The first-order valence-corrected chi connectivity index (χ1v) is 11.6. The number of hydrogen-bond donors (Lipinski definition) is 2. The topological polar surface area (TPSA) is 118 Å². The summed E-state index contributed by atoms with van der Waals surface area (Å²) in [5.41, 5.74) is 1.36. The fraction of sp³-hybridized carbons (Fsp3) is 0.0952. The molecule has 0 bridgehead atoms. The third-order valence-corrected chi connectivity index (χ3v) is 6.67. The van der Waals surface area contributed by atoms with Crippen molar-refractivity contribution in [3.63, 3.8) is 0 Å². The van der Waals surface area contributed by atoms with Gasteiger partial charge in [0.25, 0.3) is 15.9 Å². The van der Waals surface area contributed by atoms with Crippen LogP contribution in [0.15, 0.2) is 74.2 Å². The van der Waals surface area contributed by atoms with E-state index in [2.05, 4.69) is 15.0 Å². The van der Waals surface area contributed by atoms with E-state index in [1.54, 1.807) is 17.5 Å². The van der Waals surface area contributed by atoms with Gasteiger partial charge in [0.1, 0.15) is 5.58 Å². The minimum absolute atomic E-state index is 0.0182. The number of nitrogens with one attached hydrogen (secondary N) is 2. The highest BCUT2D eigenvalue weighted by atomic mass is 32.2. The predicted octanol–water partition coefficient (Wildman–Crippen LogP) is 3.87. The molecule has 0 spiro atoms. The molecule has 4 rings (SSSR count). The highest BCUT2D eigenvalue weighted by Crippen LogP contribution is 2.20. The highest BCUT2D eigenvalue weighted by Gasteiger charge is 2.17. The SMILES string of the molecule is CCc1ccc2oc(C(=O)Nc3ccc(S(=O)(=O)Nc4nccs4)cc3)cc(=O)c2c1. The van der Waals surface area contributed by atoms with Gasteiger partial charge in [0.2, 0.25) is 0 Å². The fourth-order valence-electron chi connectivity index (χ4n) is 2.89. The summed E-state index contributed by atoms with van der Waals surface area (Å²) < 4.78 is 32.7. The van der Waals surface area contributed by atoms with E-state index in [9.17, 15) is 18.0 Å². The molecule has 0 unspecified atom stereocenters. The lowest BCUT2D eigenvalue weighted by Crippen LogP contribution is -2.15. The Bertz CT molecular complexity index is 1410. The molecule has 0 saturated carbocycles. The minimum atomic E-state index is -3.79. The van der Waals surface area contributed by atoms with Gasteiger partial charge in [-0.15, -0.1) is 11.3 Å². The number of aromatic nitrogens is 1. The molecule has 2 aromatic heterocycles. The lowest BCUT2D eigenvalue weighted by molar-refractivity contribution is 0.0997. The van der Waals surface area contributed by atoms with E-state index in [1.807, 2.05) is 13.0 Å². The van der Waals surface area contributed by atoms with Crippen molar-refractivity contribution >= 4 is 49.1 Å². The first-order valence-electron chi connectivity index (χ1n) is 9.26. The van der Waals surface area contributed by atoms with Crippen molar-refractivity contribution in [2.45, 2.75) is 18.2 Å². The summed E-state index contributed by atoms with van der Waals surface area (Å²) >= 11 is 1.16. The Morgan fingerprint density at radius 2 is 1.90 bits per heavy atom. The molecule has 0 aliphatic carbocycles. The maximum atomic E-state index is 12.5. The molecule has 0 radical (unpaired) electrons. The normalized spacial score (nSPS) is 11.4. The lowest BCUT2D eigenvalue weighted by Gasteiger charge is -2.08. The molecule has 158 valence electrons. The predicted molar refractivity (Wildman–Crippen MR) is 119 cm³/mol. The highest BCUT2D eigenvalue weighted by molar-refractivity contribution is 7.93. The maximum Gasteiger partial charge on any atom is 0.291 e. The Labute approximate surface area is 181 Å². The number of rotatable bonds is 6. The zero-order chi connectivity index (χ0) is 22.0. The molecule has 4 aromatic rings. The average Bonchev–Trinajstić information content (AvgIpc) is 3.26. The zero-order valence-corrected chi connectivity index (χ0v) is 17.9. The monoisotopic (exact) mass is 455 g/mol. The third kappa shape index (κ3) is 4.49. The molecule has 2 aromatic carbocycles. The van der Waals surface area contributed by atoms with Gasteiger partial charge in [-0.25, -0.2) is 13.4 Å². The van der Waals surface area contributed by atoms with E-state index in [0.717, 1.165) is 29.4 Å². The van der Waals surface area contributed by atoms with Crippen LogP contribution in [0.4, 0.5) is 10.8 Å². The van der Waals surface area contributed by atoms with Gasteiger partial charge >= 0.3 is 0 Å². The van der Waals surface area contributed by atoms with Gasteiger partial charge in [-0.05, 0) is 48.4 Å². The molecule has 10 heteroatoms. The Kier molecular flexibility index (Phi) is 5.57. The van der Waals surface area contributed by atoms with Gasteiger partial charge in [0, 0.05) is 23.3 Å². The standard InChI is InChI=1S/C21H17N3O5S2/c1-2-13-3-8-18-16(11-13)17(25)12-19(29-18)20(26)23-14-4-6-15(7-5-14)31(27,28)24-21-22-9-10-30-21/h3-12H,2H2,1H3,(H,22,24)(H,23,26). The molecule has 0 aliphatic rings. The molecule has 8 nitrogen and oxygen atoms in total. The third-order valence-electron chi connectivity index (χ3n) is 4.50. The number of carbonyl (C=O) groups excluding carboxylic acids is 1. The number of carbonyl (C=O) groups is 1. The molecule has 0 fully saturated rings. The van der Waals surface area contributed by atoms with Crippen LogP contribution in [0, 0.1) is 0 Å². The Balaban J connectivity index is 1.53. The van der Waals surface area contributed by atoms with Crippen molar-refractivity contribution in [1.29, 1.82) is 0 Å². The van der Waals surface area contributed by atoms with Gasteiger partial charge < -0.3 is 9.73 Å². The lowest BCUT2D eigenvalue weighted by atomic mass is 10.1. The number of anilines is 2. The molecule has 0 saturated heterocycles.